The van der Waals surface area contributed by atoms with Gasteiger partial charge in [0, 0.05) is 11.3 Å². The number of nitrogens with zero attached hydrogens (tertiary/aromatic N) is 1. The summed E-state index contributed by atoms with van der Waals surface area (Å²) in [5.41, 5.74) is 3.40. The first-order valence-electron chi connectivity index (χ1n) is 8.34. The standard InChI is InChI=1S/C21H16FN3O2/c1-27-19-5-3-2-4-16(19)21(26)23-15-10-11-17-18(12-15)25-20(24-17)13-6-8-14(22)9-7-13/h2-12H,1H3,(H,23,26)(H,24,25). The number of para-hydroxylation sites is 1. The van der Waals surface area contributed by atoms with Gasteiger partial charge in [-0.2, -0.15) is 0 Å². The molecule has 134 valence electrons. The molecule has 0 atom stereocenters. The van der Waals surface area contributed by atoms with Gasteiger partial charge in [-0.25, -0.2) is 9.37 Å². The number of ether oxygens (including phenoxy) is 1. The van der Waals surface area contributed by atoms with E-state index >= 15 is 0 Å². The summed E-state index contributed by atoms with van der Waals surface area (Å²) in [5, 5.41) is 2.87. The lowest BCUT2D eigenvalue weighted by molar-refractivity contribution is 0.102. The number of hydrogen-bond donors (Lipinski definition) is 2. The van der Waals surface area contributed by atoms with Crippen molar-refractivity contribution in [1.82, 2.24) is 9.97 Å². The van der Waals surface area contributed by atoms with Crippen molar-refractivity contribution in [2.24, 2.45) is 0 Å². The van der Waals surface area contributed by atoms with Gasteiger partial charge in [0.15, 0.2) is 0 Å². The maximum atomic E-state index is 13.1. The SMILES string of the molecule is COc1ccccc1C(=O)Nc1ccc2nc(-c3ccc(F)cc3)[nH]c2c1. The number of rotatable bonds is 4. The number of hydrogen-bond acceptors (Lipinski definition) is 3. The van der Waals surface area contributed by atoms with Gasteiger partial charge in [-0.15, -0.1) is 0 Å². The largest absolute Gasteiger partial charge is 0.496 e. The summed E-state index contributed by atoms with van der Waals surface area (Å²) in [6, 6.07) is 18.5. The Morgan fingerprint density at radius 1 is 1.07 bits per heavy atom. The second-order valence-corrected chi connectivity index (χ2v) is 5.98. The molecule has 1 heterocycles. The maximum absolute atomic E-state index is 13.1. The topological polar surface area (TPSA) is 67.0 Å². The molecule has 0 spiro atoms. The molecular formula is C21H16FN3O2. The number of carbonyl (C=O) groups is 1. The number of methoxy groups -OCH3 is 1. The van der Waals surface area contributed by atoms with Crippen LogP contribution < -0.4 is 10.1 Å². The molecule has 0 aliphatic rings. The van der Waals surface area contributed by atoms with E-state index in [1.54, 1.807) is 36.4 Å². The van der Waals surface area contributed by atoms with Crippen LogP contribution in [-0.2, 0) is 0 Å². The number of aromatic amines is 1. The molecule has 4 rings (SSSR count). The van der Waals surface area contributed by atoms with Gasteiger partial charge in [0.05, 0.1) is 23.7 Å². The highest BCUT2D eigenvalue weighted by atomic mass is 19.1. The van der Waals surface area contributed by atoms with Gasteiger partial charge in [0.2, 0.25) is 0 Å². The van der Waals surface area contributed by atoms with Crippen molar-refractivity contribution in [2.45, 2.75) is 0 Å². The molecule has 0 radical (unpaired) electrons. The van der Waals surface area contributed by atoms with Crippen LogP contribution in [0.3, 0.4) is 0 Å². The normalized spacial score (nSPS) is 10.7. The van der Waals surface area contributed by atoms with E-state index in [0.717, 1.165) is 16.6 Å². The highest BCUT2D eigenvalue weighted by molar-refractivity contribution is 6.06. The molecular weight excluding hydrogens is 345 g/mol. The second kappa shape index (κ2) is 6.92. The fourth-order valence-corrected chi connectivity index (χ4v) is 2.86. The number of aromatic nitrogens is 2. The summed E-state index contributed by atoms with van der Waals surface area (Å²) in [6.45, 7) is 0. The molecule has 0 saturated carbocycles. The van der Waals surface area contributed by atoms with Crippen LogP contribution in [0.15, 0.2) is 66.7 Å². The van der Waals surface area contributed by atoms with E-state index in [2.05, 4.69) is 15.3 Å². The molecule has 6 heteroatoms. The molecule has 0 saturated heterocycles. The van der Waals surface area contributed by atoms with Crippen LogP contribution in [0.4, 0.5) is 10.1 Å². The zero-order chi connectivity index (χ0) is 18.8. The maximum Gasteiger partial charge on any atom is 0.259 e. The highest BCUT2D eigenvalue weighted by Crippen LogP contribution is 2.24. The van der Waals surface area contributed by atoms with Crippen molar-refractivity contribution in [3.8, 4) is 17.1 Å². The molecule has 0 fully saturated rings. The molecule has 0 aliphatic heterocycles. The van der Waals surface area contributed by atoms with Gasteiger partial charge in [-0.3, -0.25) is 4.79 Å². The number of benzene rings is 3. The van der Waals surface area contributed by atoms with E-state index in [1.165, 1.54) is 19.2 Å². The molecule has 0 bridgehead atoms. The highest BCUT2D eigenvalue weighted by Gasteiger charge is 2.12. The lowest BCUT2D eigenvalue weighted by Crippen LogP contribution is -2.13. The van der Waals surface area contributed by atoms with Gasteiger partial charge in [0.25, 0.3) is 5.91 Å². The van der Waals surface area contributed by atoms with Crippen molar-refractivity contribution in [3.05, 3.63) is 78.1 Å². The zero-order valence-corrected chi connectivity index (χ0v) is 14.5. The van der Waals surface area contributed by atoms with Crippen LogP contribution >= 0.6 is 0 Å². The summed E-state index contributed by atoms with van der Waals surface area (Å²) in [4.78, 5) is 20.2. The Labute approximate surface area is 154 Å². The third-order valence-electron chi connectivity index (χ3n) is 4.21. The van der Waals surface area contributed by atoms with Crippen molar-refractivity contribution >= 4 is 22.6 Å². The Hall–Kier alpha value is -3.67. The van der Waals surface area contributed by atoms with Crippen molar-refractivity contribution in [1.29, 1.82) is 0 Å². The fourth-order valence-electron chi connectivity index (χ4n) is 2.86. The second-order valence-electron chi connectivity index (χ2n) is 5.98. The molecule has 3 aromatic carbocycles. The smallest absolute Gasteiger partial charge is 0.259 e. The number of imidazole rings is 1. The molecule has 1 amide bonds. The number of anilines is 1. The molecule has 27 heavy (non-hydrogen) atoms. The third kappa shape index (κ3) is 3.37. The first kappa shape index (κ1) is 16.8. The lowest BCUT2D eigenvalue weighted by atomic mass is 10.2. The Morgan fingerprint density at radius 2 is 1.85 bits per heavy atom. The zero-order valence-electron chi connectivity index (χ0n) is 14.5. The van der Waals surface area contributed by atoms with Crippen molar-refractivity contribution in [3.63, 3.8) is 0 Å². The minimum atomic E-state index is -0.295. The lowest BCUT2D eigenvalue weighted by Gasteiger charge is -2.09. The van der Waals surface area contributed by atoms with Gasteiger partial charge < -0.3 is 15.0 Å². The molecule has 1 aromatic heterocycles. The number of carbonyl (C=O) groups excluding carboxylic acids is 1. The number of halogens is 1. The molecule has 2 N–H and O–H groups in total. The van der Waals surface area contributed by atoms with Gasteiger partial charge in [-0.1, -0.05) is 12.1 Å². The van der Waals surface area contributed by atoms with Crippen LogP contribution in [0.5, 0.6) is 5.75 Å². The number of nitrogens with one attached hydrogen (secondary N) is 2. The number of H-pyrrole nitrogens is 1. The molecule has 5 nitrogen and oxygen atoms in total. The van der Waals surface area contributed by atoms with Crippen LogP contribution in [0, 0.1) is 5.82 Å². The third-order valence-corrected chi connectivity index (χ3v) is 4.21. The molecule has 0 unspecified atom stereocenters. The van der Waals surface area contributed by atoms with Crippen LogP contribution in [0.25, 0.3) is 22.4 Å². The van der Waals surface area contributed by atoms with Gasteiger partial charge in [0.1, 0.15) is 17.4 Å². The number of fused-ring (bicyclic) bond motifs is 1. The Balaban J connectivity index is 1.62. The van der Waals surface area contributed by atoms with Gasteiger partial charge >= 0.3 is 0 Å². The van der Waals surface area contributed by atoms with Crippen molar-refractivity contribution in [2.75, 3.05) is 12.4 Å². The Kier molecular flexibility index (Phi) is 4.30. The van der Waals surface area contributed by atoms with E-state index < -0.39 is 0 Å². The number of amides is 1. The minimum absolute atomic E-state index is 0.259. The van der Waals surface area contributed by atoms with Crippen molar-refractivity contribution < 1.29 is 13.9 Å². The van der Waals surface area contributed by atoms with Crippen LogP contribution in [0.1, 0.15) is 10.4 Å². The fraction of sp³-hybridized carbons (Fsp3) is 0.0476. The van der Waals surface area contributed by atoms with E-state index in [9.17, 15) is 9.18 Å². The summed E-state index contributed by atoms with van der Waals surface area (Å²) in [6.07, 6.45) is 0. The summed E-state index contributed by atoms with van der Waals surface area (Å²) >= 11 is 0. The minimum Gasteiger partial charge on any atom is -0.496 e. The Bertz CT molecular complexity index is 1120. The van der Waals surface area contributed by atoms with Gasteiger partial charge in [-0.05, 0) is 54.6 Å². The first-order valence-corrected chi connectivity index (χ1v) is 8.34. The Morgan fingerprint density at radius 3 is 2.63 bits per heavy atom. The average molecular weight is 361 g/mol. The quantitative estimate of drug-likeness (QED) is 0.557. The summed E-state index contributed by atoms with van der Waals surface area (Å²) in [7, 11) is 1.53. The first-order chi connectivity index (χ1) is 13.1. The average Bonchev–Trinajstić information content (AvgIpc) is 3.11. The molecule has 0 aliphatic carbocycles. The van der Waals surface area contributed by atoms with Crippen LogP contribution in [-0.4, -0.2) is 23.0 Å². The van der Waals surface area contributed by atoms with E-state index in [-0.39, 0.29) is 11.7 Å². The predicted octanol–water partition coefficient (Wildman–Crippen LogP) is 4.63. The van der Waals surface area contributed by atoms with E-state index in [0.29, 0.717) is 22.8 Å². The summed E-state index contributed by atoms with van der Waals surface area (Å²) in [5.74, 6) is 0.593. The summed E-state index contributed by atoms with van der Waals surface area (Å²) < 4.78 is 18.3. The van der Waals surface area contributed by atoms with E-state index in [4.69, 9.17) is 4.74 Å². The molecule has 4 aromatic rings. The predicted molar refractivity (Wildman–Crippen MR) is 102 cm³/mol. The van der Waals surface area contributed by atoms with E-state index in [1.807, 2.05) is 18.2 Å². The van der Waals surface area contributed by atoms with Crippen LogP contribution in [0.2, 0.25) is 0 Å². The monoisotopic (exact) mass is 361 g/mol.